The molecule has 2 aromatic carbocycles. The minimum absolute atomic E-state index is 0.161. The number of aromatic nitrogens is 2. The third-order valence-electron chi connectivity index (χ3n) is 6.42. The standard InChI is InChI=1S/C28H23ClF4N4O2/c29-26-14-19(9-11-34-26)16-35-27(38)37-24-10-13-36(12-1-2-18-3-5-20(30)6-4-18)17-23(24)22-8-7-21(15-25(22)37)39-28(31,32)33/h1-9,11,14-15H,10,12-13,16-17H2,(H,35,38). The van der Waals surface area contributed by atoms with E-state index in [1.165, 1.54) is 35.0 Å². The largest absolute Gasteiger partial charge is 0.573 e. The molecule has 0 fully saturated rings. The molecule has 1 amide bonds. The lowest BCUT2D eigenvalue weighted by Gasteiger charge is -2.27. The van der Waals surface area contributed by atoms with Crippen LogP contribution in [0.25, 0.3) is 17.0 Å². The smallest absolute Gasteiger partial charge is 0.406 e. The van der Waals surface area contributed by atoms with E-state index in [4.69, 9.17) is 11.6 Å². The molecule has 1 aliphatic rings. The summed E-state index contributed by atoms with van der Waals surface area (Å²) in [6.07, 6.45) is 1.05. The number of alkyl halides is 3. The molecule has 0 radical (unpaired) electrons. The Morgan fingerprint density at radius 2 is 1.92 bits per heavy atom. The summed E-state index contributed by atoms with van der Waals surface area (Å²) in [5, 5.41) is 3.79. The van der Waals surface area contributed by atoms with Gasteiger partial charge >= 0.3 is 12.4 Å². The fourth-order valence-corrected chi connectivity index (χ4v) is 4.90. The van der Waals surface area contributed by atoms with Gasteiger partial charge in [-0.25, -0.2) is 14.2 Å². The van der Waals surface area contributed by atoms with Crippen molar-refractivity contribution in [3.8, 4) is 5.75 Å². The lowest BCUT2D eigenvalue weighted by Crippen LogP contribution is -2.34. The van der Waals surface area contributed by atoms with Crippen molar-refractivity contribution in [2.45, 2.75) is 25.9 Å². The van der Waals surface area contributed by atoms with Gasteiger partial charge < -0.3 is 10.1 Å². The maximum atomic E-state index is 13.4. The van der Waals surface area contributed by atoms with Crippen molar-refractivity contribution in [3.63, 3.8) is 0 Å². The van der Waals surface area contributed by atoms with Crippen molar-refractivity contribution < 1.29 is 27.1 Å². The van der Waals surface area contributed by atoms with Gasteiger partial charge in [0.2, 0.25) is 0 Å². The van der Waals surface area contributed by atoms with Crippen molar-refractivity contribution in [3.05, 3.63) is 100 Å². The average Bonchev–Trinajstić information content (AvgIpc) is 3.20. The zero-order valence-corrected chi connectivity index (χ0v) is 21.3. The van der Waals surface area contributed by atoms with Crippen molar-refractivity contribution in [2.75, 3.05) is 13.1 Å². The molecule has 5 rings (SSSR count). The van der Waals surface area contributed by atoms with E-state index in [0.717, 1.165) is 22.4 Å². The van der Waals surface area contributed by atoms with Gasteiger partial charge in [-0.15, -0.1) is 13.2 Å². The Morgan fingerprint density at radius 1 is 1.13 bits per heavy atom. The highest BCUT2D eigenvalue weighted by atomic mass is 35.5. The van der Waals surface area contributed by atoms with Crippen molar-refractivity contribution in [2.24, 2.45) is 0 Å². The van der Waals surface area contributed by atoms with Crippen molar-refractivity contribution >= 4 is 34.6 Å². The number of hydrogen-bond acceptors (Lipinski definition) is 4. The first-order valence-electron chi connectivity index (χ1n) is 12.1. The number of pyridine rings is 1. The van der Waals surface area contributed by atoms with Crippen LogP contribution < -0.4 is 10.1 Å². The van der Waals surface area contributed by atoms with Crippen LogP contribution in [-0.4, -0.2) is 39.9 Å². The summed E-state index contributed by atoms with van der Waals surface area (Å²) in [5.74, 6) is -0.705. The minimum Gasteiger partial charge on any atom is -0.406 e. The molecular weight excluding hydrogens is 536 g/mol. The van der Waals surface area contributed by atoms with Crippen LogP contribution in [0.15, 0.2) is 66.9 Å². The molecule has 0 spiro atoms. The van der Waals surface area contributed by atoms with Gasteiger partial charge in [0.1, 0.15) is 16.7 Å². The zero-order valence-electron chi connectivity index (χ0n) is 20.5. The molecule has 2 aromatic heterocycles. The van der Waals surface area contributed by atoms with Gasteiger partial charge in [-0.05, 0) is 53.1 Å². The highest BCUT2D eigenvalue weighted by Gasteiger charge is 2.32. The number of fused-ring (bicyclic) bond motifs is 3. The molecule has 39 heavy (non-hydrogen) atoms. The second kappa shape index (κ2) is 11.1. The molecule has 4 aromatic rings. The van der Waals surface area contributed by atoms with E-state index in [2.05, 4.69) is 19.9 Å². The first-order chi connectivity index (χ1) is 18.7. The SMILES string of the molecule is O=C(NCc1ccnc(Cl)c1)n1c2c(c3ccc(OC(F)(F)F)cc31)CN(CC=Cc1ccc(F)cc1)CC2. The summed E-state index contributed by atoms with van der Waals surface area (Å²) < 4.78 is 57.5. The molecule has 1 aliphatic heterocycles. The van der Waals surface area contributed by atoms with Gasteiger partial charge in [0.05, 0.1) is 5.52 Å². The molecule has 1 N–H and O–H groups in total. The molecule has 11 heteroatoms. The summed E-state index contributed by atoms with van der Waals surface area (Å²) >= 11 is 5.93. The van der Waals surface area contributed by atoms with Crippen molar-refractivity contribution in [1.82, 2.24) is 19.8 Å². The number of ether oxygens (including phenoxy) is 1. The number of amides is 1. The summed E-state index contributed by atoms with van der Waals surface area (Å²) in [6, 6.07) is 13.1. The molecule has 3 heterocycles. The topological polar surface area (TPSA) is 59.4 Å². The van der Waals surface area contributed by atoms with Gasteiger partial charge in [0.25, 0.3) is 0 Å². The third-order valence-corrected chi connectivity index (χ3v) is 6.62. The maximum Gasteiger partial charge on any atom is 0.573 e. The second-order valence-electron chi connectivity index (χ2n) is 9.07. The van der Waals surface area contributed by atoms with E-state index in [9.17, 15) is 22.4 Å². The molecule has 0 saturated carbocycles. The highest BCUT2D eigenvalue weighted by Crippen LogP contribution is 2.34. The Kier molecular flexibility index (Phi) is 7.58. The van der Waals surface area contributed by atoms with Gasteiger partial charge in [-0.2, -0.15) is 0 Å². The predicted molar refractivity (Wildman–Crippen MR) is 140 cm³/mol. The van der Waals surface area contributed by atoms with E-state index in [1.807, 2.05) is 12.2 Å². The van der Waals surface area contributed by atoms with E-state index < -0.39 is 18.1 Å². The number of halogens is 5. The summed E-state index contributed by atoms with van der Waals surface area (Å²) in [5.41, 5.74) is 3.53. The van der Waals surface area contributed by atoms with Gasteiger partial charge in [0, 0.05) is 55.9 Å². The van der Waals surface area contributed by atoms with Crippen LogP contribution in [0, 0.1) is 5.82 Å². The number of carbonyl (C=O) groups excluding carboxylic acids is 1. The molecule has 202 valence electrons. The van der Waals surface area contributed by atoms with Crippen LogP contribution >= 0.6 is 11.6 Å². The quantitative estimate of drug-likeness (QED) is 0.215. The van der Waals surface area contributed by atoms with E-state index in [-0.39, 0.29) is 17.5 Å². The lowest BCUT2D eigenvalue weighted by atomic mass is 10.0. The Morgan fingerprint density at radius 3 is 2.67 bits per heavy atom. The number of nitrogens with one attached hydrogen (secondary N) is 1. The number of nitrogens with zero attached hydrogens (tertiary/aromatic N) is 3. The van der Waals surface area contributed by atoms with Crippen LogP contribution in [0.3, 0.4) is 0 Å². The first-order valence-corrected chi connectivity index (χ1v) is 12.5. The second-order valence-corrected chi connectivity index (χ2v) is 9.46. The molecule has 0 aliphatic carbocycles. The zero-order chi connectivity index (χ0) is 27.6. The van der Waals surface area contributed by atoms with Crippen LogP contribution in [0.2, 0.25) is 5.15 Å². The Hall–Kier alpha value is -3.89. The van der Waals surface area contributed by atoms with Crippen LogP contribution in [-0.2, 0) is 19.5 Å². The van der Waals surface area contributed by atoms with Crippen molar-refractivity contribution in [1.29, 1.82) is 0 Å². The Labute approximate surface area is 226 Å². The van der Waals surface area contributed by atoms with Crippen LogP contribution in [0.1, 0.15) is 22.4 Å². The number of rotatable bonds is 6. The fraction of sp³-hybridized carbons (Fsp3) is 0.214. The van der Waals surface area contributed by atoms with E-state index in [1.54, 1.807) is 30.3 Å². The molecular formula is C28H23ClF4N4O2. The predicted octanol–water partition coefficient (Wildman–Crippen LogP) is 6.56. The normalized spacial score (nSPS) is 14.1. The molecule has 0 atom stereocenters. The van der Waals surface area contributed by atoms with Crippen LogP contribution in [0.5, 0.6) is 5.75 Å². The van der Waals surface area contributed by atoms with Crippen LogP contribution in [0.4, 0.5) is 22.4 Å². The third kappa shape index (κ3) is 6.40. The van der Waals surface area contributed by atoms with E-state index in [0.29, 0.717) is 37.0 Å². The average molecular weight is 559 g/mol. The summed E-state index contributed by atoms with van der Waals surface area (Å²) in [6.45, 7) is 1.90. The minimum atomic E-state index is -4.86. The number of benzene rings is 2. The molecule has 0 unspecified atom stereocenters. The maximum absolute atomic E-state index is 13.4. The van der Waals surface area contributed by atoms with E-state index >= 15 is 0 Å². The molecule has 6 nitrogen and oxygen atoms in total. The first kappa shape index (κ1) is 26.7. The Bertz CT molecular complexity index is 1530. The highest BCUT2D eigenvalue weighted by molar-refractivity contribution is 6.29. The Balaban J connectivity index is 1.42. The monoisotopic (exact) mass is 558 g/mol. The number of carbonyl (C=O) groups is 1. The van der Waals surface area contributed by atoms with Gasteiger partial charge in [-0.1, -0.05) is 35.9 Å². The molecule has 0 bridgehead atoms. The van der Waals surface area contributed by atoms with Gasteiger partial charge in [0.15, 0.2) is 0 Å². The van der Waals surface area contributed by atoms with Gasteiger partial charge in [-0.3, -0.25) is 9.47 Å². The number of hydrogen-bond donors (Lipinski definition) is 1. The summed E-state index contributed by atoms with van der Waals surface area (Å²) in [7, 11) is 0. The summed E-state index contributed by atoms with van der Waals surface area (Å²) in [4.78, 5) is 19.5. The molecule has 0 saturated heterocycles. The fourth-order valence-electron chi connectivity index (χ4n) is 4.70. The lowest BCUT2D eigenvalue weighted by molar-refractivity contribution is -0.274.